The third-order valence-corrected chi connectivity index (χ3v) is 3.53. The van der Waals surface area contributed by atoms with E-state index >= 15 is 0 Å². The zero-order valence-corrected chi connectivity index (χ0v) is 10.1. The van der Waals surface area contributed by atoms with Crippen LogP contribution in [0.2, 0.25) is 0 Å². The fraction of sp³-hybridized carbons (Fsp3) is 0.556. The summed E-state index contributed by atoms with van der Waals surface area (Å²) in [7, 11) is 0. The predicted molar refractivity (Wildman–Crippen MR) is 58.9 cm³/mol. The van der Waals surface area contributed by atoms with Crippen LogP contribution < -0.4 is 5.73 Å². The number of halogens is 2. The smallest absolute Gasteiger partial charge is 0.122 e. The van der Waals surface area contributed by atoms with Gasteiger partial charge in [0.25, 0.3) is 0 Å². The highest BCUT2D eigenvalue weighted by Gasteiger charge is 2.25. The second-order valence-electron chi connectivity index (χ2n) is 3.72. The van der Waals surface area contributed by atoms with Crippen LogP contribution in [-0.2, 0) is 6.42 Å². The highest BCUT2D eigenvalue weighted by Crippen LogP contribution is 2.24. The SMILES string of the molecule is CC(C)(N)C(F)Cc1cc(Br)cs1. The van der Waals surface area contributed by atoms with Gasteiger partial charge >= 0.3 is 0 Å². The van der Waals surface area contributed by atoms with Crippen molar-refractivity contribution in [2.45, 2.75) is 32.0 Å². The molecule has 0 amide bonds. The molecule has 1 rings (SSSR count). The second-order valence-corrected chi connectivity index (χ2v) is 5.64. The summed E-state index contributed by atoms with van der Waals surface area (Å²) >= 11 is 4.88. The molecular formula is C9H13BrFNS. The van der Waals surface area contributed by atoms with Gasteiger partial charge in [0, 0.05) is 26.7 Å². The first kappa shape index (κ1) is 11.1. The molecule has 0 aliphatic rings. The van der Waals surface area contributed by atoms with E-state index in [1.54, 1.807) is 25.2 Å². The van der Waals surface area contributed by atoms with Gasteiger partial charge < -0.3 is 5.73 Å². The summed E-state index contributed by atoms with van der Waals surface area (Å²) in [4.78, 5) is 1.03. The van der Waals surface area contributed by atoms with Crippen molar-refractivity contribution in [3.8, 4) is 0 Å². The van der Waals surface area contributed by atoms with E-state index in [4.69, 9.17) is 5.73 Å². The van der Waals surface area contributed by atoms with E-state index in [-0.39, 0.29) is 0 Å². The lowest BCUT2D eigenvalue weighted by molar-refractivity contribution is 0.219. The topological polar surface area (TPSA) is 26.0 Å². The summed E-state index contributed by atoms with van der Waals surface area (Å²) in [6.45, 7) is 3.42. The molecule has 2 N–H and O–H groups in total. The van der Waals surface area contributed by atoms with E-state index < -0.39 is 11.7 Å². The standard InChI is InChI=1S/C9H13BrFNS/c1-9(2,12)8(11)4-7-3-6(10)5-13-7/h3,5,8H,4,12H2,1-2H3. The summed E-state index contributed by atoms with van der Waals surface area (Å²) in [5.74, 6) is 0. The molecular weight excluding hydrogens is 253 g/mol. The zero-order valence-electron chi connectivity index (χ0n) is 7.68. The number of rotatable bonds is 3. The van der Waals surface area contributed by atoms with Crippen molar-refractivity contribution in [2.75, 3.05) is 0 Å². The van der Waals surface area contributed by atoms with Crippen LogP contribution in [0, 0.1) is 0 Å². The van der Waals surface area contributed by atoms with Gasteiger partial charge in [0.15, 0.2) is 0 Å². The zero-order chi connectivity index (χ0) is 10.1. The van der Waals surface area contributed by atoms with Crippen molar-refractivity contribution >= 4 is 27.3 Å². The molecule has 1 nitrogen and oxygen atoms in total. The number of hydrogen-bond acceptors (Lipinski definition) is 2. The van der Waals surface area contributed by atoms with Gasteiger partial charge in [-0.25, -0.2) is 4.39 Å². The molecule has 0 spiro atoms. The molecule has 13 heavy (non-hydrogen) atoms. The number of hydrogen-bond donors (Lipinski definition) is 1. The molecule has 0 bridgehead atoms. The molecule has 1 unspecified atom stereocenters. The van der Waals surface area contributed by atoms with Gasteiger partial charge in [0.2, 0.25) is 0 Å². The molecule has 0 aromatic carbocycles. The van der Waals surface area contributed by atoms with E-state index in [1.165, 1.54) is 0 Å². The van der Waals surface area contributed by atoms with Crippen LogP contribution in [0.4, 0.5) is 4.39 Å². The number of nitrogens with two attached hydrogens (primary N) is 1. The average molecular weight is 266 g/mol. The summed E-state index contributed by atoms with van der Waals surface area (Å²) < 4.78 is 14.5. The Morgan fingerprint density at radius 2 is 2.31 bits per heavy atom. The fourth-order valence-corrected chi connectivity index (χ4v) is 2.38. The molecule has 0 saturated carbocycles. The maximum atomic E-state index is 13.5. The first-order valence-electron chi connectivity index (χ1n) is 4.05. The lowest BCUT2D eigenvalue weighted by Crippen LogP contribution is -2.43. The van der Waals surface area contributed by atoms with Crippen LogP contribution in [0.25, 0.3) is 0 Å². The normalized spacial score (nSPS) is 14.5. The van der Waals surface area contributed by atoms with Gasteiger partial charge in [-0.1, -0.05) is 0 Å². The molecule has 1 aromatic rings. The predicted octanol–water partition coefficient (Wildman–Crippen LogP) is 3.13. The number of alkyl halides is 1. The van der Waals surface area contributed by atoms with Gasteiger partial charge in [-0.15, -0.1) is 11.3 Å². The Labute approximate surface area is 90.3 Å². The van der Waals surface area contributed by atoms with Crippen LogP contribution in [0.3, 0.4) is 0 Å². The first-order valence-corrected chi connectivity index (χ1v) is 5.72. The minimum Gasteiger partial charge on any atom is -0.323 e. The maximum Gasteiger partial charge on any atom is 0.122 e. The van der Waals surface area contributed by atoms with E-state index in [9.17, 15) is 4.39 Å². The summed E-state index contributed by atoms with van der Waals surface area (Å²) in [5.41, 5.74) is 4.90. The maximum absolute atomic E-state index is 13.5. The Morgan fingerprint density at radius 3 is 2.69 bits per heavy atom. The monoisotopic (exact) mass is 265 g/mol. The second kappa shape index (κ2) is 4.07. The molecule has 1 atom stereocenters. The average Bonchev–Trinajstić information content (AvgIpc) is 2.33. The Bertz CT molecular complexity index is 279. The first-order chi connectivity index (χ1) is 5.89. The highest BCUT2D eigenvalue weighted by atomic mass is 79.9. The Kier molecular flexibility index (Phi) is 3.49. The minimum absolute atomic E-state index is 0.403. The van der Waals surface area contributed by atoms with Gasteiger partial charge in [-0.2, -0.15) is 0 Å². The lowest BCUT2D eigenvalue weighted by Gasteiger charge is -2.22. The minimum atomic E-state index is -0.988. The Morgan fingerprint density at radius 1 is 1.69 bits per heavy atom. The van der Waals surface area contributed by atoms with E-state index in [0.29, 0.717) is 6.42 Å². The molecule has 0 saturated heterocycles. The Balaban J connectivity index is 2.60. The van der Waals surface area contributed by atoms with Crippen molar-refractivity contribution in [1.82, 2.24) is 0 Å². The third-order valence-electron chi connectivity index (χ3n) is 1.81. The van der Waals surface area contributed by atoms with E-state index in [1.807, 2.05) is 11.4 Å². The molecule has 0 aliphatic carbocycles. The van der Waals surface area contributed by atoms with Gasteiger partial charge in [0.05, 0.1) is 0 Å². The highest BCUT2D eigenvalue weighted by molar-refractivity contribution is 9.10. The quantitative estimate of drug-likeness (QED) is 0.893. The van der Waals surface area contributed by atoms with Gasteiger partial charge in [0.1, 0.15) is 6.17 Å². The van der Waals surface area contributed by atoms with Crippen molar-refractivity contribution < 1.29 is 4.39 Å². The van der Waals surface area contributed by atoms with Crippen LogP contribution in [0.5, 0.6) is 0 Å². The molecule has 74 valence electrons. The number of thiophene rings is 1. The molecule has 1 aromatic heterocycles. The van der Waals surface area contributed by atoms with Gasteiger partial charge in [-0.05, 0) is 35.8 Å². The molecule has 1 heterocycles. The fourth-order valence-electron chi connectivity index (χ4n) is 0.901. The Hall–Kier alpha value is 0.0700. The summed E-state index contributed by atoms with van der Waals surface area (Å²) in [5, 5.41) is 1.95. The molecule has 0 radical (unpaired) electrons. The lowest BCUT2D eigenvalue weighted by atomic mass is 9.97. The summed E-state index contributed by atoms with van der Waals surface area (Å²) in [6, 6.07) is 1.93. The molecule has 0 fully saturated rings. The van der Waals surface area contributed by atoms with Crippen LogP contribution in [-0.4, -0.2) is 11.7 Å². The van der Waals surface area contributed by atoms with Gasteiger partial charge in [-0.3, -0.25) is 0 Å². The van der Waals surface area contributed by atoms with Crippen LogP contribution in [0.15, 0.2) is 15.9 Å². The summed E-state index contributed by atoms with van der Waals surface area (Å²) in [6.07, 6.45) is -0.585. The molecule has 4 heteroatoms. The van der Waals surface area contributed by atoms with Crippen molar-refractivity contribution in [2.24, 2.45) is 5.73 Å². The third kappa shape index (κ3) is 3.37. The molecule has 0 aliphatic heterocycles. The van der Waals surface area contributed by atoms with E-state index in [0.717, 1.165) is 9.35 Å². The van der Waals surface area contributed by atoms with Crippen LogP contribution >= 0.6 is 27.3 Å². The van der Waals surface area contributed by atoms with Crippen molar-refractivity contribution in [3.63, 3.8) is 0 Å². The van der Waals surface area contributed by atoms with Crippen LogP contribution in [0.1, 0.15) is 18.7 Å². The van der Waals surface area contributed by atoms with Crippen molar-refractivity contribution in [3.05, 3.63) is 20.8 Å². The van der Waals surface area contributed by atoms with E-state index in [2.05, 4.69) is 15.9 Å². The van der Waals surface area contributed by atoms with Crippen molar-refractivity contribution in [1.29, 1.82) is 0 Å². The largest absolute Gasteiger partial charge is 0.323 e.